The summed E-state index contributed by atoms with van der Waals surface area (Å²) >= 11 is 1.26. The van der Waals surface area contributed by atoms with Crippen molar-refractivity contribution in [2.24, 2.45) is 5.92 Å². The fraction of sp³-hybridized carbons (Fsp3) is 0.786. The van der Waals surface area contributed by atoms with Crippen LogP contribution in [0.3, 0.4) is 0 Å². The molecule has 0 spiro atoms. The van der Waals surface area contributed by atoms with Crippen LogP contribution in [-0.2, 0) is 17.8 Å². The fourth-order valence-electron chi connectivity index (χ4n) is 2.74. The maximum Gasteiger partial charge on any atom is 0.313 e. The van der Waals surface area contributed by atoms with Gasteiger partial charge >= 0.3 is 5.97 Å². The van der Waals surface area contributed by atoms with E-state index in [0.717, 1.165) is 37.0 Å². The van der Waals surface area contributed by atoms with Crippen molar-refractivity contribution in [1.82, 2.24) is 19.7 Å². The molecule has 1 unspecified atom stereocenters. The molecule has 0 radical (unpaired) electrons. The van der Waals surface area contributed by atoms with Crippen LogP contribution in [0.5, 0.6) is 0 Å². The Morgan fingerprint density at radius 3 is 2.81 bits per heavy atom. The van der Waals surface area contributed by atoms with E-state index >= 15 is 0 Å². The summed E-state index contributed by atoms with van der Waals surface area (Å²) in [7, 11) is 0. The largest absolute Gasteiger partial charge is 0.481 e. The third kappa shape index (κ3) is 4.20. The zero-order valence-corrected chi connectivity index (χ0v) is 13.8. The lowest BCUT2D eigenvalue weighted by Gasteiger charge is -2.20. The Bertz CT molecular complexity index is 489. The van der Waals surface area contributed by atoms with Gasteiger partial charge in [-0.1, -0.05) is 18.7 Å². The first-order chi connectivity index (χ1) is 10.0. The van der Waals surface area contributed by atoms with Crippen molar-refractivity contribution >= 4 is 17.7 Å². The van der Waals surface area contributed by atoms with Gasteiger partial charge in [0.05, 0.1) is 5.75 Å². The van der Waals surface area contributed by atoms with Crippen LogP contribution in [0.2, 0.25) is 0 Å². The SMILES string of the molecule is CCc1nnc(SCC(=O)O)n1CC1CCN(C(C)C)C1. The van der Waals surface area contributed by atoms with Crippen molar-refractivity contribution in [1.29, 1.82) is 0 Å². The average molecular weight is 312 g/mol. The zero-order valence-electron chi connectivity index (χ0n) is 12.9. The molecule has 1 aliphatic rings. The highest BCUT2D eigenvalue weighted by atomic mass is 32.2. The minimum atomic E-state index is -0.820. The molecule has 6 nitrogen and oxygen atoms in total. The highest BCUT2D eigenvalue weighted by Gasteiger charge is 2.26. The number of carboxylic acid groups (broad SMARTS) is 1. The second-order valence-corrected chi connectivity index (χ2v) is 6.73. The molecule has 1 aromatic rings. The highest BCUT2D eigenvalue weighted by molar-refractivity contribution is 7.99. The number of aromatic nitrogens is 3. The van der Waals surface area contributed by atoms with Gasteiger partial charge in [0, 0.05) is 25.6 Å². The summed E-state index contributed by atoms with van der Waals surface area (Å²) in [6.07, 6.45) is 2.00. The van der Waals surface area contributed by atoms with E-state index < -0.39 is 5.97 Å². The Kier molecular flexibility index (Phi) is 5.64. The molecule has 1 aliphatic heterocycles. The molecule has 1 atom stereocenters. The standard InChI is InChI=1S/C14H24N4O2S/c1-4-12-15-16-14(21-9-13(19)20)18(12)8-11-5-6-17(7-11)10(2)3/h10-11H,4-9H2,1-3H3,(H,19,20). The summed E-state index contributed by atoms with van der Waals surface area (Å²) < 4.78 is 2.11. The Labute approximate surface area is 129 Å². The molecule has 0 saturated carbocycles. The van der Waals surface area contributed by atoms with Crippen molar-refractivity contribution in [3.8, 4) is 0 Å². The lowest BCUT2D eigenvalue weighted by molar-refractivity contribution is -0.133. The summed E-state index contributed by atoms with van der Waals surface area (Å²) in [5.74, 6) is 0.758. The van der Waals surface area contributed by atoms with Gasteiger partial charge < -0.3 is 14.6 Å². The lowest BCUT2D eigenvalue weighted by atomic mass is 10.1. The number of likely N-dealkylation sites (tertiary alicyclic amines) is 1. The molecule has 7 heteroatoms. The molecule has 21 heavy (non-hydrogen) atoms. The molecule has 1 aromatic heterocycles. The minimum Gasteiger partial charge on any atom is -0.481 e. The predicted molar refractivity (Wildman–Crippen MR) is 82.6 cm³/mol. The maximum atomic E-state index is 10.7. The van der Waals surface area contributed by atoms with E-state index in [0.29, 0.717) is 12.0 Å². The Balaban J connectivity index is 2.04. The number of nitrogens with zero attached hydrogens (tertiary/aromatic N) is 4. The van der Waals surface area contributed by atoms with Crippen LogP contribution in [0.25, 0.3) is 0 Å². The summed E-state index contributed by atoms with van der Waals surface area (Å²) in [6.45, 7) is 9.65. The number of aryl methyl sites for hydroxylation is 1. The van der Waals surface area contributed by atoms with E-state index in [9.17, 15) is 4.79 Å². The van der Waals surface area contributed by atoms with Gasteiger partial charge in [-0.05, 0) is 32.7 Å². The van der Waals surface area contributed by atoms with Gasteiger partial charge in [-0.15, -0.1) is 10.2 Å². The van der Waals surface area contributed by atoms with Crippen LogP contribution in [0, 0.1) is 5.92 Å². The molecule has 118 valence electrons. The first-order valence-corrected chi connectivity index (χ1v) is 8.50. The molecule has 1 saturated heterocycles. The summed E-state index contributed by atoms with van der Waals surface area (Å²) in [5.41, 5.74) is 0. The minimum absolute atomic E-state index is 0.0324. The predicted octanol–water partition coefficient (Wildman–Crippen LogP) is 1.75. The van der Waals surface area contributed by atoms with E-state index in [4.69, 9.17) is 5.11 Å². The van der Waals surface area contributed by atoms with Gasteiger partial charge in [-0.3, -0.25) is 4.79 Å². The van der Waals surface area contributed by atoms with Crippen LogP contribution >= 0.6 is 11.8 Å². The summed E-state index contributed by atoms with van der Waals surface area (Å²) in [5, 5.41) is 17.9. The Hall–Kier alpha value is -1.08. The van der Waals surface area contributed by atoms with E-state index in [2.05, 4.69) is 40.4 Å². The van der Waals surface area contributed by atoms with Crippen LogP contribution in [0.4, 0.5) is 0 Å². The fourth-order valence-corrected chi connectivity index (χ4v) is 3.42. The van der Waals surface area contributed by atoms with Crippen LogP contribution in [0.15, 0.2) is 5.16 Å². The normalized spacial score (nSPS) is 19.5. The topological polar surface area (TPSA) is 71.2 Å². The molecule has 1 N–H and O–H groups in total. The van der Waals surface area contributed by atoms with Gasteiger partial charge in [0.2, 0.25) is 0 Å². The first kappa shape index (κ1) is 16.3. The number of hydrogen-bond donors (Lipinski definition) is 1. The molecule has 0 amide bonds. The van der Waals surface area contributed by atoms with Gasteiger partial charge in [0.15, 0.2) is 5.16 Å². The van der Waals surface area contributed by atoms with Crippen molar-refractivity contribution in [3.63, 3.8) is 0 Å². The average Bonchev–Trinajstić information content (AvgIpc) is 3.04. The van der Waals surface area contributed by atoms with E-state index in [1.165, 1.54) is 18.2 Å². The van der Waals surface area contributed by atoms with Crippen LogP contribution in [-0.4, -0.2) is 55.6 Å². The number of carboxylic acids is 1. The number of carbonyl (C=O) groups is 1. The molecule has 0 bridgehead atoms. The number of aliphatic carboxylic acids is 1. The number of rotatable bonds is 7. The quantitative estimate of drug-likeness (QED) is 0.773. The number of thioether (sulfide) groups is 1. The molecule has 1 fully saturated rings. The molecular formula is C14H24N4O2S. The molecule has 2 rings (SSSR count). The van der Waals surface area contributed by atoms with Crippen molar-refractivity contribution in [3.05, 3.63) is 5.82 Å². The molecule has 0 aliphatic carbocycles. The third-order valence-corrected chi connectivity index (χ3v) is 4.87. The van der Waals surface area contributed by atoms with Crippen LogP contribution in [0.1, 0.15) is 33.0 Å². The summed E-state index contributed by atoms with van der Waals surface area (Å²) in [4.78, 5) is 13.2. The van der Waals surface area contributed by atoms with Gasteiger partial charge in [0.1, 0.15) is 5.82 Å². The number of hydrogen-bond acceptors (Lipinski definition) is 5. The second-order valence-electron chi connectivity index (χ2n) is 5.79. The van der Waals surface area contributed by atoms with Gasteiger partial charge in [-0.2, -0.15) is 0 Å². The summed E-state index contributed by atoms with van der Waals surface area (Å²) in [6, 6.07) is 0.586. The maximum absolute atomic E-state index is 10.7. The van der Waals surface area contributed by atoms with Gasteiger partial charge in [0.25, 0.3) is 0 Å². The van der Waals surface area contributed by atoms with Crippen LogP contribution < -0.4 is 0 Å². The Morgan fingerprint density at radius 2 is 2.24 bits per heavy atom. The van der Waals surface area contributed by atoms with E-state index in [-0.39, 0.29) is 5.75 Å². The Morgan fingerprint density at radius 1 is 1.48 bits per heavy atom. The smallest absolute Gasteiger partial charge is 0.313 e. The lowest BCUT2D eigenvalue weighted by Crippen LogP contribution is -2.29. The van der Waals surface area contributed by atoms with E-state index in [1.54, 1.807) is 0 Å². The zero-order chi connectivity index (χ0) is 15.4. The highest BCUT2D eigenvalue weighted by Crippen LogP contribution is 2.24. The van der Waals surface area contributed by atoms with E-state index in [1.807, 2.05) is 0 Å². The molecule has 0 aromatic carbocycles. The molecular weight excluding hydrogens is 288 g/mol. The third-order valence-electron chi connectivity index (χ3n) is 3.92. The van der Waals surface area contributed by atoms with Gasteiger partial charge in [-0.25, -0.2) is 0 Å². The van der Waals surface area contributed by atoms with Crippen molar-refractivity contribution < 1.29 is 9.90 Å². The monoisotopic (exact) mass is 312 g/mol. The van der Waals surface area contributed by atoms with Crippen molar-refractivity contribution in [2.75, 3.05) is 18.8 Å². The first-order valence-electron chi connectivity index (χ1n) is 7.52. The van der Waals surface area contributed by atoms with Crippen molar-refractivity contribution in [2.45, 2.75) is 51.4 Å². The second kappa shape index (κ2) is 7.26. The molecule has 2 heterocycles.